The van der Waals surface area contributed by atoms with Gasteiger partial charge in [-0.05, 0) is 23.8 Å². The van der Waals surface area contributed by atoms with Crippen LogP contribution in [0.2, 0.25) is 0 Å². The topological polar surface area (TPSA) is 88.5 Å². The lowest BCUT2D eigenvalue weighted by molar-refractivity contribution is 0.584. The van der Waals surface area contributed by atoms with Crippen molar-refractivity contribution in [2.45, 2.75) is 6.54 Å². The summed E-state index contributed by atoms with van der Waals surface area (Å²) in [5.41, 5.74) is 1.90. The zero-order valence-corrected chi connectivity index (χ0v) is 15.0. The number of halogens is 2. The molecule has 9 heteroatoms. The summed E-state index contributed by atoms with van der Waals surface area (Å²) >= 11 is 0. The van der Waals surface area contributed by atoms with Crippen LogP contribution in [0.4, 0.5) is 26.4 Å². The fraction of sp³-hybridized carbons (Fsp3) is 0.0500. The lowest BCUT2D eigenvalue weighted by Gasteiger charge is -2.11. The van der Waals surface area contributed by atoms with Crippen LogP contribution in [-0.4, -0.2) is 24.9 Å². The molecule has 0 saturated carbocycles. The van der Waals surface area contributed by atoms with Crippen molar-refractivity contribution >= 4 is 17.6 Å². The summed E-state index contributed by atoms with van der Waals surface area (Å²) in [5.74, 6) is 0.361. The molecule has 3 aromatic heterocycles. The molecule has 0 radical (unpaired) electrons. The number of pyridine rings is 1. The van der Waals surface area contributed by atoms with E-state index in [2.05, 4.69) is 35.6 Å². The van der Waals surface area contributed by atoms with Crippen LogP contribution in [-0.2, 0) is 6.54 Å². The molecular weight excluding hydrogens is 376 g/mol. The summed E-state index contributed by atoms with van der Waals surface area (Å²) in [5, 5.41) is 6.15. The number of anilines is 3. The molecule has 3 heterocycles. The predicted molar refractivity (Wildman–Crippen MR) is 104 cm³/mol. The molecule has 0 unspecified atom stereocenters. The second kappa shape index (κ2) is 8.34. The van der Waals surface area contributed by atoms with Gasteiger partial charge in [-0.2, -0.15) is 9.37 Å². The van der Waals surface area contributed by atoms with E-state index in [4.69, 9.17) is 0 Å². The predicted octanol–water partition coefficient (Wildman–Crippen LogP) is 3.96. The van der Waals surface area contributed by atoms with E-state index in [1.165, 1.54) is 24.4 Å². The average molecular weight is 391 g/mol. The van der Waals surface area contributed by atoms with Gasteiger partial charge in [0, 0.05) is 42.8 Å². The molecule has 7 nitrogen and oxygen atoms in total. The summed E-state index contributed by atoms with van der Waals surface area (Å²) in [6.07, 6.45) is 6.04. The molecule has 29 heavy (non-hydrogen) atoms. The second-order valence-electron chi connectivity index (χ2n) is 6.02. The lowest BCUT2D eigenvalue weighted by Crippen LogP contribution is -2.07. The van der Waals surface area contributed by atoms with Crippen LogP contribution in [0.15, 0.2) is 67.3 Å². The Morgan fingerprint density at radius 3 is 2.45 bits per heavy atom. The number of hydrogen-bond donors (Lipinski definition) is 2. The Morgan fingerprint density at radius 2 is 1.69 bits per heavy atom. The Hall–Kier alpha value is -4.01. The highest BCUT2D eigenvalue weighted by Gasteiger charge is 2.09. The van der Waals surface area contributed by atoms with Gasteiger partial charge in [0.2, 0.25) is 11.9 Å². The largest absolute Gasteiger partial charge is 0.350 e. The monoisotopic (exact) mass is 391 g/mol. The highest BCUT2D eigenvalue weighted by molar-refractivity contribution is 5.66. The number of hydrogen-bond acceptors (Lipinski definition) is 7. The van der Waals surface area contributed by atoms with E-state index in [0.717, 1.165) is 5.56 Å². The fourth-order valence-corrected chi connectivity index (χ4v) is 2.58. The first kappa shape index (κ1) is 18.4. The maximum absolute atomic E-state index is 13.6. The van der Waals surface area contributed by atoms with Crippen molar-refractivity contribution < 1.29 is 8.78 Å². The average Bonchev–Trinajstić information content (AvgIpc) is 2.74. The van der Waals surface area contributed by atoms with Crippen molar-refractivity contribution in [3.63, 3.8) is 0 Å². The molecule has 0 aliphatic heterocycles. The third kappa shape index (κ3) is 4.83. The second-order valence-corrected chi connectivity index (χ2v) is 6.02. The maximum atomic E-state index is 13.6. The van der Waals surface area contributed by atoms with Crippen molar-refractivity contribution in [3.05, 3.63) is 84.6 Å². The molecule has 4 aromatic rings. The molecule has 2 N–H and O–H groups in total. The third-order valence-electron chi connectivity index (χ3n) is 3.93. The molecule has 0 aliphatic carbocycles. The Kier molecular flexibility index (Phi) is 5.28. The number of nitrogens with one attached hydrogen (secondary N) is 2. The highest BCUT2D eigenvalue weighted by atomic mass is 19.1. The zero-order chi connectivity index (χ0) is 20.1. The molecule has 0 amide bonds. The normalized spacial score (nSPS) is 10.6. The molecular formula is C20H15F2N7. The minimum Gasteiger partial charge on any atom is -0.350 e. The Labute approximate surface area is 164 Å². The van der Waals surface area contributed by atoms with E-state index in [1.807, 2.05) is 0 Å². The summed E-state index contributed by atoms with van der Waals surface area (Å²) in [7, 11) is 0. The van der Waals surface area contributed by atoms with E-state index < -0.39 is 5.95 Å². The fourth-order valence-electron chi connectivity index (χ4n) is 2.58. The lowest BCUT2D eigenvalue weighted by atomic mass is 10.2. The number of benzene rings is 1. The molecule has 4 rings (SSSR count). The Morgan fingerprint density at radius 1 is 0.828 bits per heavy atom. The van der Waals surface area contributed by atoms with E-state index in [9.17, 15) is 8.78 Å². The molecule has 0 spiro atoms. The molecule has 1 aromatic carbocycles. The van der Waals surface area contributed by atoms with Gasteiger partial charge in [0.1, 0.15) is 17.5 Å². The first-order chi connectivity index (χ1) is 14.2. The quantitative estimate of drug-likeness (QED) is 0.481. The minimum atomic E-state index is -0.606. The molecule has 0 bridgehead atoms. The van der Waals surface area contributed by atoms with Crippen LogP contribution in [0.25, 0.3) is 11.3 Å². The Bertz CT molecular complexity index is 1110. The van der Waals surface area contributed by atoms with Crippen LogP contribution in [0.5, 0.6) is 0 Å². The molecule has 0 atom stereocenters. The minimum absolute atomic E-state index is 0.304. The van der Waals surface area contributed by atoms with Crippen molar-refractivity contribution in [1.82, 2.24) is 24.9 Å². The standard InChI is InChI=1S/C20H15F2N7/c21-15-3-1-13(2-4-15)11-26-20-27-16(14-5-6-24-17(22)9-14)10-18(29-20)28-19-12-23-7-8-25-19/h1-10,12H,11H2,(H2,25,26,27,28,29). The SMILES string of the molecule is Fc1ccc(CNc2nc(Nc3cnccn3)cc(-c3ccnc(F)c3)n2)cc1. The number of aromatic nitrogens is 5. The van der Waals surface area contributed by atoms with Crippen molar-refractivity contribution in [2.75, 3.05) is 10.6 Å². The number of nitrogens with zero attached hydrogens (tertiary/aromatic N) is 5. The third-order valence-corrected chi connectivity index (χ3v) is 3.93. The van der Waals surface area contributed by atoms with Gasteiger partial charge >= 0.3 is 0 Å². The smallest absolute Gasteiger partial charge is 0.225 e. The van der Waals surface area contributed by atoms with E-state index in [-0.39, 0.29) is 5.82 Å². The number of rotatable bonds is 6. The van der Waals surface area contributed by atoms with Crippen LogP contribution < -0.4 is 10.6 Å². The van der Waals surface area contributed by atoms with Gasteiger partial charge in [-0.1, -0.05) is 12.1 Å². The van der Waals surface area contributed by atoms with Gasteiger partial charge < -0.3 is 10.6 Å². The first-order valence-corrected chi connectivity index (χ1v) is 8.68. The van der Waals surface area contributed by atoms with Crippen LogP contribution in [0.3, 0.4) is 0 Å². The highest BCUT2D eigenvalue weighted by Crippen LogP contribution is 2.23. The van der Waals surface area contributed by atoms with Gasteiger partial charge in [-0.25, -0.2) is 19.3 Å². The van der Waals surface area contributed by atoms with Gasteiger partial charge in [0.15, 0.2) is 0 Å². The van der Waals surface area contributed by atoms with Crippen LogP contribution in [0.1, 0.15) is 5.56 Å². The van der Waals surface area contributed by atoms with Gasteiger partial charge in [0.25, 0.3) is 0 Å². The van der Waals surface area contributed by atoms with Gasteiger partial charge in [-0.3, -0.25) is 4.98 Å². The van der Waals surface area contributed by atoms with Gasteiger partial charge in [-0.15, -0.1) is 0 Å². The van der Waals surface area contributed by atoms with Crippen molar-refractivity contribution in [3.8, 4) is 11.3 Å². The van der Waals surface area contributed by atoms with Gasteiger partial charge in [0.05, 0.1) is 11.9 Å². The summed E-state index contributed by atoms with van der Waals surface area (Å²) < 4.78 is 26.7. The van der Waals surface area contributed by atoms with E-state index in [1.54, 1.807) is 42.9 Å². The first-order valence-electron chi connectivity index (χ1n) is 8.68. The van der Waals surface area contributed by atoms with E-state index >= 15 is 0 Å². The molecule has 0 saturated heterocycles. The Balaban J connectivity index is 1.64. The summed E-state index contributed by atoms with van der Waals surface area (Å²) in [6.45, 7) is 0.388. The van der Waals surface area contributed by atoms with Crippen molar-refractivity contribution in [1.29, 1.82) is 0 Å². The van der Waals surface area contributed by atoms with Crippen LogP contribution in [0, 0.1) is 11.8 Å². The van der Waals surface area contributed by atoms with Crippen molar-refractivity contribution in [2.24, 2.45) is 0 Å². The molecule has 0 fully saturated rings. The van der Waals surface area contributed by atoms with E-state index in [0.29, 0.717) is 35.4 Å². The zero-order valence-electron chi connectivity index (χ0n) is 15.0. The summed E-state index contributed by atoms with van der Waals surface area (Å²) in [4.78, 5) is 20.6. The summed E-state index contributed by atoms with van der Waals surface area (Å²) in [6, 6.07) is 10.7. The maximum Gasteiger partial charge on any atom is 0.225 e. The molecule has 0 aliphatic rings. The van der Waals surface area contributed by atoms with Crippen LogP contribution >= 0.6 is 0 Å². The molecule has 144 valence electrons.